The minimum atomic E-state index is -1.12. The SMILES string of the molecule is Cc1cccc(CCC(=O)NCc2ccc(C(=O)O)o2)c1. The number of nitrogens with one attached hydrogen (secondary N) is 1. The topological polar surface area (TPSA) is 79.5 Å². The Hall–Kier alpha value is -2.56. The van der Waals surface area contributed by atoms with E-state index in [4.69, 9.17) is 9.52 Å². The zero-order valence-electron chi connectivity index (χ0n) is 11.8. The minimum absolute atomic E-state index is 0.0928. The molecule has 1 aromatic heterocycles. The fourth-order valence-corrected chi connectivity index (χ4v) is 1.99. The summed E-state index contributed by atoms with van der Waals surface area (Å²) in [7, 11) is 0. The van der Waals surface area contributed by atoms with E-state index in [0.29, 0.717) is 18.6 Å². The van der Waals surface area contributed by atoms with Crippen LogP contribution in [0.3, 0.4) is 0 Å². The highest BCUT2D eigenvalue weighted by molar-refractivity contribution is 5.84. The molecule has 2 aromatic rings. The lowest BCUT2D eigenvalue weighted by molar-refractivity contribution is -0.121. The second kappa shape index (κ2) is 6.74. The van der Waals surface area contributed by atoms with Gasteiger partial charge in [0.2, 0.25) is 11.7 Å². The molecule has 1 heterocycles. The molecule has 0 saturated heterocycles. The van der Waals surface area contributed by atoms with Gasteiger partial charge in [-0.15, -0.1) is 0 Å². The number of carbonyl (C=O) groups excluding carboxylic acids is 1. The first-order valence-corrected chi connectivity index (χ1v) is 6.69. The lowest BCUT2D eigenvalue weighted by Crippen LogP contribution is -2.22. The summed E-state index contributed by atoms with van der Waals surface area (Å²) >= 11 is 0. The van der Waals surface area contributed by atoms with Crippen molar-refractivity contribution < 1.29 is 19.1 Å². The molecule has 0 aliphatic heterocycles. The van der Waals surface area contributed by atoms with Crippen molar-refractivity contribution >= 4 is 11.9 Å². The molecule has 0 atom stereocenters. The average Bonchev–Trinajstić information content (AvgIpc) is 2.92. The van der Waals surface area contributed by atoms with Crippen molar-refractivity contribution in [3.8, 4) is 0 Å². The van der Waals surface area contributed by atoms with Crippen molar-refractivity contribution in [2.24, 2.45) is 0 Å². The number of furan rings is 1. The van der Waals surface area contributed by atoms with Gasteiger partial charge in [0.05, 0.1) is 6.54 Å². The van der Waals surface area contributed by atoms with Gasteiger partial charge in [-0.25, -0.2) is 4.79 Å². The van der Waals surface area contributed by atoms with E-state index in [1.165, 1.54) is 11.6 Å². The van der Waals surface area contributed by atoms with Gasteiger partial charge in [0, 0.05) is 6.42 Å². The van der Waals surface area contributed by atoms with Gasteiger partial charge in [0.15, 0.2) is 0 Å². The molecule has 0 saturated carbocycles. The Morgan fingerprint density at radius 2 is 2.05 bits per heavy atom. The fraction of sp³-hybridized carbons (Fsp3) is 0.250. The first kappa shape index (κ1) is 14.8. The van der Waals surface area contributed by atoms with Crippen molar-refractivity contribution in [2.75, 3.05) is 0 Å². The van der Waals surface area contributed by atoms with Crippen LogP contribution in [-0.4, -0.2) is 17.0 Å². The molecule has 0 spiro atoms. The summed E-state index contributed by atoms with van der Waals surface area (Å²) < 4.78 is 5.06. The van der Waals surface area contributed by atoms with E-state index in [1.807, 2.05) is 25.1 Å². The zero-order chi connectivity index (χ0) is 15.2. The molecule has 0 radical (unpaired) electrons. The molecule has 0 aliphatic rings. The highest BCUT2D eigenvalue weighted by atomic mass is 16.4. The highest BCUT2D eigenvalue weighted by Crippen LogP contribution is 2.08. The number of carboxylic acid groups (broad SMARTS) is 1. The number of hydrogen-bond donors (Lipinski definition) is 2. The van der Waals surface area contributed by atoms with Gasteiger partial charge < -0.3 is 14.8 Å². The first-order chi connectivity index (χ1) is 10.0. The largest absolute Gasteiger partial charge is 0.475 e. The van der Waals surface area contributed by atoms with Crippen LogP contribution in [0.15, 0.2) is 40.8 Å². The van der Waals surface area contributed by atoms with Crippen molar-refractivity contribution in [2.45, 2.75) is 26.3 Å². The molecular weight excluding hydrogens is 270 g/mol. The maximum Gasteiger partial charge on any atom is 0.371 e. The molecule has 110 valence electrons. The summed E-state index contributed by atoms with van der Waals surface area (Å²) in [6, 6.07) is 10.9. The standard InChI is InChI=1S/C16H17NO4/c1-11-3-2-4-12(9-11)5-8-15(18)17-10-13-6-7-14(21-13)16(19)20/h2-4,6-7,9H,5,8,10H2,1H3,(H,17,18)(H,19,20). The van der Waals surface area contributed by atoms with Crippen LogP contribution in [0.25, 0.3) is 0 Å². The van der Waals surface area contributed by atoms with E-state index in [-0.39, 0.29) is 18.2 Å². The van der Waals surface area contributed by atoms with Crippen LogP contribution in [-0.2, 0) is 17.8 Å². The van der Waals surface area contributed by atoms with Gasteiger partial charge in [-0.2, -0.15) is 0 Å². The summed E-state index contributed by atoms with van der Waals surface area (Å²) in [6.45, 7) is 2.21. The van der Waals surface area contributed by atoms with Gasteiger partial charge in [0.1, 0.15) is 5.76 Å². The molecule has 2 rings (SSSR count). The van der Waals surface area contributed by atoms with Crippen molar-refractivity contribution in [3.63, 3.8) is 0 Å². The van der Waals surface area contributed by atoms with Gasteiger partial charge in [-0.05, 0) is 31.0 Å². The molecule has 0 bridgehead atoms. The smallest absolute Gasteiger partial charge is 0.371 e. The quantitative estimate of drug-likeness (QED) is 0.855. The third-order valence-electron chi connectivity index (χ3n) is 3.06. The van der Waals surface area contributed by atoms with Crippen LogP contribution in [0.2, 0.25) is 0 Å². The predicted octanol–water partition coefficient (Wildman–Crippen LogP) is 2.54. The van der Waals surface area contributed by atoms with Crippen LogP contribution < -0.4 is 5.32 Å². The summed E-state index contributed by atoms with van der Waals surface area (Å²) in [5.41, 5.74) is 2.29. The highest BCUT2D eigenvalue weighted by Gasteiger charge is 2.09. The number of amides is 1. The van der Waals surface area contributed by atoms with E-state index in [1.54, 1.807) is 6.07 Å². The number of benzene rings is 1. The Kier molecular flexibility index (Phi) is 4.77. The Labute approximate surface area is 122 Å². The molecule has 5 nitrogen and oxygen atoms in total. The van der Waals surface area contributed by atoms with Crippen molar-refractivity contribution in [1.29, 1.82) is 0 Å². The van der Waals surface area contributed by atoms with Crippen LogP contribution in [0.5, 0.6) is 0 Å². The van der Waals surface area contributed by atoms with E-state index in [0.717, 1.165) is 5.56 Å². The maximum absolute atomic E-state index is 11.7. The van der Waals surface area contributed by atoms with Gasteiger partial charge in [-0.3, -0.25) is 4.79 Å². The minimum Gasteiger partial charge on any atom is -0.475 e. The summed E-state index contributed by atoms with van der Waals surface area (Å²) in [5, 5.41) is 11.4. The fourth-order valence-electron chi connectivity index (χ4n) is 1.99. The van der Waals surface area contributed by atoms with E-state index >= 15 is 0 Å². The lowest BCUT2D eigenvalue weighted by Gasteiger charge is -2.04. The maximum atomic E-state index is 11.7. The number of rotatable bonds is 6. The Bertz CT molecular complexity index is 645. The number of aromatic carboxylic acids is 1. The summed E-state index contributed by atoms with van der Waals surface area (Å²) in [5.74, 6) is -0.910. The molecule has 0 aliphatic carbocycles. The van der Waals surface area contributed by atoms with Crippen molar-refractivity contribution in [3.05, 3.63) is 59.0 Å². The molecule has 2 N–H and O–H groups in total. The molecule has 0 fully saturated rings. The van der Waals surface area contributed by atoms with Crippen LogP contribution >= 0.6 is 0 Å². The third-order valence-corrected chi connectivity index (χ3v) is 3.06. The molecular formula is C16H17NO4. The van der Waals surface area contributed by atoms with E-state index in [2.05, 4.69) is 11.4 Å². The van der Waals surface area contributed by atoms with Gasteiger partial charge in [0.25, 0.3) is 0 Å². The first-order valence-electron chi connectivity index (χ1n) is 6.69. The van der Waals surface area contributed by atoms with Gasteiger partial charge >= 0.3 is 5.97 Å². The normalized spacial score (nSPS) is 10.3. The third kappa shape index (κ3) is 4.49. The van der Waals surface area contributed by atoms with E-state index in [9.17, 15) is 9.59 Å². The second-order valence-electron chi connectivity index (χ2n) is 4.84. The van der Waals surface area contributed by atoms with Crippen molar-refractivity contribution in [1.82, 2.24) is 5.32 Å². The Balaban J connectivity index is 1.78. The number of carbonyl (C=O) groups is 2. The number of aryl methyl sites for hydroxylation is 2. The lowest BCUT2D eigenvalue weighted by atomic mass is 10.1. The monoisotopic (exact) mass is 287 g/mol. The van der Waals surface area contributed by atoms with Crippen LogP contribution in [0.4, 0.5) is 0 Å². The van der Waals surface area contributed by atoms with E-state index < -0.39 is 5.97 Å². The Morgan fingerprint density at radius 3 is 2.71 bits per heavy atom. The zero-order valence-corrected chi connectivity index (χ0v) is 11.8. The summed E-state index contributed by atoms with van der Waals surface area (Å²) in [6.07, 6.45) is 1.06. The predicted molar refractivity (Wildman–Crippen MR) is 77.0 cm³/mol. The second-order valence-corrected chi connectivity index (χ2v) is 4.84. The molecule has 0 unspecified atom stereocenters. The number of carboxylic acids is 1. The number of hydrogen-bond acceptors (Lipinski definition) is 3. The Morgan fingerprint density at radius 1 is 1.24 bits per heavy atom. The van der Waals surface area contributed by atoms with Crippen LogP contribution in [0.1, 0.15) is 33.9 Å². The summed E-state index contributed by atoms with van der Waals surface area (Å²) in [4.78, 5) is 22.4. The molecule has 5 heteroatoms. The van der Waals surface area contributed by atoms with Gasteiger partial charge in [-0.1, -0.05) is 29.8 Å². The molecule has 1 aromatic carbocycles. The molecule has 1 amide bonds. The van der Waals surface area contributed by atoms with Crippen LogP contribution in [0, 0.1) is 6.92 Å². The average molecular weight is 287 g/mol. The molecule has 21 heavy (non-hydrogen) atoms.